The summed E-state index contributed by atoms with van der Waals surface area (Å²) in [5, 5.41) is 0.506. The molecule has 3 rings (SSSR count). The van der Waals surface area contributed by atoms with Crippen molar-refractivity contribution in [3.63, 3.8) is 0 Å². The Morgan fingerprint density at radius 1 is 0.923 bits per heavy atom. The number of hydrogen-bond donors (Lipinski definition) is 1. The van der Waals surface area contributed by atoms with Gasteiger partial charge in [0.1, 0.15) is 12.4 Å². The monoisotopic (exact) mass is 371 g/mol. The third kappa shape index (κ3) is 6.00. The van der Waals surface area contributed by atoms with Crippen molar-refractivity contribution in [1.82, 2.24) is 9.80 Å². The second-order valence-corrected chi connectivity index (χ2v) is 6.74. The van der Waals surface area contributed by atoms with E-state index in [0.717, 1.165) is 44.9 Å². The summed E-state index contributed by atoms with van der Waals surface area (Å²) in [6.07, 6.45) is 0.953. The summed E-state index contributed by atoms with van der Waals surface area (Å²) in [6.45, 7) is 5.41. The lowest BCUT2D eigenvalue weighted by Gasteiger charge is -2.34. The predicted octanol–water partition coefficient (Wildman–Crippen LogP) is 3.15. The molecule has 0 bridgehead atoms. The lowest BCUT2D eigenvalue weighted by molar-refractivity contribution is 0.155. The van der Waals surface area contributed by atoms with Crippen molar-refractivity contribution in [1.29, 1.82) is 0 Å². The number of thiocarbonyl (C=S) groups is 1. The molecule has 4 nitrogen and oxygen atoms in total. The van der Waals surface area contributed by atoms with Gasteiger partial charge in [-0.25, -0.2) is 0 Å². The van der Waals surface area contributed by atoms with Crippen LogP contribution in [-0.2, 0) is 6.42 Å². The van der Waals surface area contributed by atoms with Gasteiger partial charge in [-0.2, -0.15) is 0 Å². The van der Waals surface area contributed by atoms with E-state index in [0.29, 0.717) is 11.7 Å². The van der Waals surface area contributed by atoms with Gasteiger partial charge in [0.15, 0.2) is 5.11 Å². The van der Waals surface area contributed by atoms with Crippen LogP contribution in [0.15, 0.2) is 54.6 Å². The highest BCUT2D eigenvalue weighted by Gasteiger charge is 2.16. The minimum atomic E-state index is 0. The maximum absolute atomic E-state index is 5.88. The summed E-state index contributed by atoms with van der Waals surface area (Å²) in [7, 11) is 0. The van der Waals surface area contributed by atoms with Crippen molar-refractivity contribution in [2.24, 2.45) is 5.73 Å². The van der Waals surface area contributed by atoms with Crippen molar-refractivity contribution in [3.8, 4) is 5.75 Å². The molecule has 0 atom stereocenters. The third-order valence-corrected chi connectivity index (χ3v) is 4.79. The zero-order chi connectivity index (χ0) is 17.5. The fourth-order valence-electron chi connectivity index (χ4n) is 3.02. The summed E-state index contributed by atoms with van der Waals surface area (Å²) in [4.78, 5) is 4.44. The lowest BCUT2D eigenvalue weighted by Crippen LogP contribution is -2.51. The Kier molecular flexibility index (Phi) is 7.88. The average molecular weight is 372 g/mol. The van der Waals surface area contributed by atoms with Gasteiger partial charge in [0.05, 0.1) is 0 Å². The standard InChI is InChI=1S/C20H25N3OS.CH4/c21-20(25)23-12-10-22(11-13-23)14-15-24-19-8-6-18(7-9-19)16-17-4-2-1-3-5-17;/h1-9H,10-16H2,(H2,21,25);1H4. The molecule has 0 amide bonds. The van der Waals surface area contributed by atoms with Crippen LogP contribution in [0.1, 0.15) is 18.6 Å². The molecule has 0 aliphatic carbocycles. The van der Waals surface area contributed by atoms with E-state index in [-0.39, 0.29) is 7.43 Å². The van der Waals surface area contributed by atoms with Crippen LogP contribution in [-0.4, -0.2) is 54.2 Å². The molecule has 140 valence electrons. The van der Waals surface area contributed by atoms with Crippen molar-refractivity contribution in [2.75, 3.05) is 39.3 Å². The first-order chi connectivity index (χ1) is 12.2. The van der Waals surface area contributed by atoms with Gasteiger partial charge in [-0.15, -0.1) is 0 Å². The first-order valence-electron chi connectivity index (χ1n) is 8.73. The van der Waals surface area contributed by atoms with Gasteiger partial charge in [0.25, 0.3) is 0 Å². The second-order valence-electron chi connectivity index (χ2n) is 6.32. The summed E-state index contributed by atoms with van der Waals surface area (Å²) >= 11 is 5.02. The highest BCUT2D eigenvalue weighted by molar-refractivity contribution is 7.80. The number of ether oxygens (including phenoxy) is 1. The molecule has 1 aliphatic rings. The minimum Gasteiger partial charge on any atom is -0.492 e. The Bertz CT molecular complexity index is 667. The lowest BCUT2D eigenvalue weighted by atomic mass is 10.1. The quantitative estimate of drug-likeness (QED) is 0.790. The van der Waals surface area contributed by atoms with Crippen LogP contribution in [0.25, 0.3) is 0 Å². The van der Waals surface area contributed by atoms with Crippen molar-refractivity contribution < 1.29 is 4.74 Å². The van der Waals surface area contributed by atoms with Gasteiger partial charge in [0, 0.05) is 32.7 Å². The molecular weight excluding hydrogens is 342 g/mol. The molecule has 2 aromatic carbocycles. The number of piperazine rings is 1. The molecule has 0 radical (unpaired) electrons. The molecule has 5 heteroatoms. The molecule has 0 spiro atoms. The molecular formula is C21H29N3OS. The largest absolute Gasteiger partial charge is 0.492 e. The van der Waals surface area contributed by atoms with E-state index in [9.17, 15) is 0 Å². The number of nitrogens with two attached hydrogens (primary N) is 1. The fourth-order valence-corrected chi connectivity index (χ4v) is 3.20. The first kappa shape index (κ1) is 20.2. The Hall–Kier alpha value is -2.11. The molecule has 0 aromatic heterocycles. The SMILES string of the molecule is C.NC(=S)N1CCN(CCOc2ccc(Cc3ccccc3)cc2)CC1. The van der Waals surface area contributed by atoms with Crippen LogP contribution in [0.4, 0.5) is 0 Å². The van der Waals surface area contributed by atoms with Gasteiger partial charge in [-0.3, -0.25) is 4.90 Å². The summed E-state index contributed by atoms with van der Waals surface area (Å²) < 4.78 is 5.88. The second kappa shape index (κ2) is 10.1. The highest BCUT2D eigenvalue weighted by Crippen LogP contribution is 2.15. The van der Waals surface area contributed by atoms with E-state index in [2.05, 4.69) is 58.3 Å². The zero-order valence-corrected chi connectivity index (χ0v) is 15.3. The van der Waals surface area contributed by atoms with Crippen molar-refractivity contribution in [3.05, 3.63) is 65.7 Å². The van der Waals surface area contributed by atoms with Crippen LogP contribution in [0.3, 0.4) is 0 Å². The molecule has 26 heavy (non-hydrogen) atoms. The topological polar surface area (TPSA) is 41.7 Å². The van der Waals surface area contributed by atoms with Crippen molar-refractivity contribution in [2.45, 2.75) is 13.8 Å². The first-order valence-corrected chi connectivity index (χ1v) is 9.14. The number of rotatable bonds is 6. The maximum Gasteiger partial charge on any atom is 0.166 e. The van der Waals surface area contributed by atoms with Crippen LogP contribution in [0, 0.1) is 0 Å². The Morgan fingerprint density at radius 3 is 2.15 bits per heavy atom. The van der Waals surface area contributed by atoms with E-state index < -0.39 is 0 Å². The van der Waals surface area contributed by atoms with E-state index in [1.807, 2.05) is 6.07 Å². The summed E-state index contributed by atoms with van der Waals surface area (Å²) in [5.74, 6) is 0.929. The molecule has 1 aliphatic heterocycles. The van der Waals surface area contributed by atoms with Crippen molar-refractivity contribution >= 4 is 17.3 Å². The Morgan fingerprint density at radius 2 is 1.54 bits per heavy atom. The third-order valence-electron chi connectivity index (χ3n) is 4.53. The van der Waals surface area contributed by atoms with E-state index in [4.69, 9.17) is 22.7 Å². The van der Waals surface area contributed by atoms with Crippen LogP contribution in [0.2, 0.25) is 0 Å². The normalized spacial score (nSPS) is 14.5. The van der Waals surface area contributed by atoms with Gasteiger partial charge in [-0.1, -0.05) is 49.9 Å². The van der Waals surface area contributed by atoms with E-state index in [1.165, 1.54) is 11.1 Å². The predicted molar refractivity (Wildman–Crippen MR) is 113 cm³/mol. The Balaban J connectivity index is 0.00000243. The molecule has 2 aromatic rings. The molecule has 0 unspecified atom stereocenters. The minimum absolute atomic E-state index is 0. The molecule has 1 fully saturated rings. The number of benzene rings is 2. The van der Waals surface area contributed by atoms with Gasteiger partial charge in [0.2, 0.25) is 0 Å². The van der Waals surface area contributed by atoms with Crippen LogP contribution >= 0.6 is 12.2 Å². The van der Waals surface area contributed by atoms with Crippen LogP contribution in [0.5, 0.6) is 5.75 Å². The van der Waals surface area contributed by atoms with Gasteiger partial charge >= 0.3 is 0 Å². The maximum atomic E-state index is 5.88. The van der Waals surface area contributed by atoms with Gasteiger partial charge < -0.3 is 15.4 Å². The summed E-state index contributed by atoms with van der Waals surface area (Å²) in [5.41, 5.74) is 8.29. The molecule has 1 saturated heterocycles. The molecule has 2 N–H and O–H groups in total. The van der Waals surface area contributed by atoms with Crippen LogP contribution < -0.4 is 10.5 Å². The Labute approximate surface area is 162 Å². The van der Waals surface area contributed by atoms with E-state index in [1.54, 1.807) is 0 Å². The van der Waals surface area contributed by atoms with E-state index >= 15 is 0 Å². The smallest absolute Gasteiger partial charge is 0.166 e. The molecule has 1 heterocycles. The highest BCUT2D eigenvalue weighted by atomic mass is 32.1. The van der Waals surface area contributed by atoms with Gasteiger partial charge in [-0.05, 0) is 41.9 Å². The zero-order valence-electron chi connectivity index (χ0n) is 14.4. The number of hydrogen-bond acceptors (Lipinski definition) is 3. The average Bonchev–Trinajstić information content (AvgIpc) is 2.64. The summed E-state index contributed by atoms with van der Waals surface area (Å²) in [6, 6.07) is 18.9. The number of nitrogens with zero attached hydrogens (tertiary/aromatic N) is 2. The molecule has 0 saturated carbocycles. The fraction of sp³-hybridized carbons (Fsp3) is 0.381.